The Morgan fingerprint density at radius 2 is 1.81 bits per heavy atom. The van der Waals surface area contributed by atoms with Gasteiger partial charge in [-0.3, -0.25) is 9.69 Å². The number of piperazine rings is 1. The van der Waals surface area contributed by atoms with Crippen molar-refractivity contribution >= 4 is 5.91 Å². The van der Waals surface area contributed by atoms with E-state index in [9.17, 15) is 9.18 Å². The van der Waals surface area contributed by atoms with E-state index in [1.165, 1.54) is 6.07 Å². The molecule has 0 aliphatic carbocycles. The first kappa shape index (κ1) is 19.1. The Balaban J connectivity index is 1.63. The van der Waals surface area contributed by atoms with Gasteiger partial charge in [-0.05, 0) is 44.0 Å². The predicted molar refractivity (Wildman–Crippen MR) is 100 cm³/mol. The molecule has 0 bridgehead atoms. The maximum atomic E-state index is 14.4. The van der Waals surface area contributed by atoms with E-state index in [0.29, 0.717) is 31.3 Å². The first-order chi connectivity index (χ1) is 12.5. The Hall–Kier alpha value is -1.66. The Kier molecular flexibility index (Phi) is 6.14. The Morgan fingerprint density at radius 3 is 2.38 bits per heavy atom. The van der Waals surface area contributed by atoms with Gasteiger partial charge < -0.3 is 14.5 Å². The number of likely N-dealkylation sites (N-methyl/N-ethyl adjacent to an activating group) is 1. The van der Waals surface area contributed by atoms with Crippen LogP contribution in [0.4, 0.5) is 4.39 Å². The van der Waals surface area contributed by atoms with Crippen LogP contribution in [-0.2, 0) is 6.42 Å². The SMILES string of the molecule is CCc1cc(F)c(C(=O)N2CCC(N3CCN(C)CC3)CC2)cc1OC. The molecule has 6 heteroatoms. The largest absolute Gasteiger partial charge is 0.496 e. The molecule has 3 rings (SSSR count). The van der Waals surface area contributed by atoms with Crippen LogP contribution >= 0.6 is 0 Å². The van der Waals surface area contributed by atoms with Gasteiger partial charge in [-0.15, -0.1) is 0 Å². The smallest absolute Gasteiger partial charge is 0.256 e. The number of rotatable bonds is 4. The van der Waals surface area contributed by atoms with Crippen LogP contribution in [0.3, 0.4) is 0 Å². The number of nitrogens with zero attached hydrogens (tertiary/aromatic N) is 3. The number of likely N-dealkylation sites (tertiary alicyclic amines) is 1. The van der Waals surface area contributed by atoms with Crippen molar-refractivity contribution in [3.05, 3.63) is 29.1 Å². The van der Waals surface area contributed by atoms with Crippen molar-refractivity contribution < 1.29 is 13.9 Å². The molecule has 2 aliphatic rings. The van der Waals surface area contributed by atoms with Gasteiger partial charge in [-0.2, -0.15) is 0 Å². The van der Waals surface area contributed by atoms with Crippen LogP contribution in [0.2, 0.25) is 0 Å². The third-order valence-corrected chi connectivity index (χ3v) is 5.79. The molecule has 2 fully saturated rings. The second-order valence-corrected chi connectivity index (χ2v) is 7.36. The Labute approximate surface area is 155 Å². The fraction of sp³-hybridized carbons (Fsp3) is 0.650. The van der Waals surface area contributed by atoms with E-state index in [2.05, 4.69) is 16.8 Å². The number of carbonyl (C=O) groups excluding carboxylic acids is 1. The monoisotopic (exact) mass is 363 g/mol. The number of amides is 1. The number of halogens is 1. The number of hydrogen-bond acceptors (Lipinski definition) is 4. The normalized spacial score (nSPS) is 20.4. The highest BCUT2D eigenvalue weighted by atomic mass is 19.1. The molecule has 0 spiro atoms. The molecule has 1 aromatic rings. The van der Waals surface area contributed by atoms with E-state index >= 15 is 0 Å². The first-order valence-corrected chi connectivity index (χ1v) is 9.61. The zero-order chi connectivity index (χ0) is 18.7. The summed E-state index contributed by atoms with van der Waals surface area (Å²) in [7, 11) is 3.72. The van der Waals surface area contributed by atoms with Gasteiger partial charge in [0.1, 0.15) is 11.6 Å². The molecule has 26 heavy (non-hydrogen) atoms. The minimum atomic E-state index is -0.450. The van der Waals surface area contributed by atoms with Crippen molar-refractivity contribution in [3.63, 3.8) is 0 Å². The van der Waals surface area contributed by atoms with Crippen molar-refractivity contribution in [2.24, 2.45) is 0 Å². The number of methoxy groups -OCH3 is 1. The van der Waals surface area contributed by atoms with E-state index in [1.54, 1.807) is 18.1 Å². The van der Waals surface area contributed by atoms with E-state index in [4.69, 9.17) is 4.74 Å². The summed E-state index contributed by atoms with van der Waals surface area (Å²) in [4.78, 5) is 19.5. The summed E-state index contributed by atoms with van der Waals surface area (Å²) in [5, 5.41) is 0. The molecular formula is C20H30FN3O2. The topological polar surface area (TPSA) is 36.0 Å². The predicted octanol–water partition coefficient (Wildman–Crippen LogP) is 2.25. The van der Waals surface area contributed by atoms with Crippen LogP contribution in [0.15, 0.2) is 12.1 Å². The maximum Gasteiger partial charge on any atom is 0.256 e. The van der Waals surface area contributed by atoms with E-state index in [1.807, 2.05) is 6.92 Å². The minimum absolute atomic E-state index is 0.122. The molecule has 0 aromatic heterocycles. The van der Waals surface area contributed by atoms with Crippen LogP contribution in [0, 0.1) is 5.82 Å². The number of ether oxygens (including phenoxy) is 1. The molecule has 0 N–H and O–H groups in total. The van der Waals surface area contributed by atoms with Gasteiger partial charge in [0.15, 0.2) is 0 Å². The minimum Gasteiger partial charge on any atom is -0.496 e. The second kappa shape index (κ2) is 8.35. The number of hydrogen-bond donors (Lipinski definition) is 0. The van der Waals surface area contributed by atoms with Gasteiger partial charge in [0.05, 0.1) is 12.7 Å². The molecule has 1 aromatic carbocycles. The average molecular weight is 363 g/mol. The van der Waals surface area contributed by atoms with Crippen LogP contribution in [0.5, 0.6) is 5.75 Å². The average Bonchev–Trinajstić information content (AvgIpc) is 2.68. The summed E-state index contributed by atoms with van der Waals surface area (Å²) < 4.78 is 19.8. The second-order valence-electron chi connectivity index (χ2n) is 7.36. The molecule has 1 amide bonds. The van der Waals surface area contributed by atoms with Gasteiger partial charge in [0.25, 0.3) is 5.91 Å². The molecule has 5 nitrogen and oxygen atoms in total. The van der Waals surface area contributed by atoms with Crippen LogP contribution in [0.25, 0.3) is 0 Å². The standard InChI is InChI=1S/C20H30FN3O2/c1-4-15-13-18(21)17(14-19(15)26-3)20(25)24-7-5-16(6-8-24)23-11-9-22(2)10-12-23/h13-14,16H,4-12H2,1-3H3. The number of carbonyl (C=O) groups is 1. The number of benzene rings is 1. The molecule has 144 valence electrons. The third-order valence-electron chi connectivity index (χ3n) is 5.79. The molecule has 2 saturated heterocycles. The molecule has 0 atom stereocenters. The van der Waals surface area contributed by atoms with Gasteiger partial charge in [0.2, 0.25) is 0 Å². The molecular weight excluding hydrogens is 333 g/mol. The molecule has 0 unspecified atom stereocenters. The summed E-state index contributed by atoms with van der Waals surface area (Å²) in [5.41, 5.74) is 0.910. The molecule has 0 saturated carbocycles. The van der Waals surface area contributed by atoms with Crippen molar-refractivity contribution in [2.75, 3.05) is 53.4 Å². The van der Waals surface area contributed by atoms with Gasteiger partial charge in [0, 0.05) is 45.3 Å². The summed E-state index contributed by atoms with van der Waals surface area (Å²) in [6.45, 7) is 7.73. The maximum absolute atomic E-state index is 14.4. The lowest BCUT2D eigenvalue weighted by Gasteiger charge is -2.42. The zero-order valence-corrected chi connectivity index (χ0v) is 16.1. The van der Waals surface area contributed by atoms with Crippen molar-refractivity contribution in [3.8, 4) is 5.75 Å². The lowest BCUT2D eigenvalue weighted by atomic mass is 10.0. The van der Waals surface area contributed by atoms with Gasteiger partial charge in [-0.1, -0.05) is 6.92 Å². The highest BCUT2D eigenvalue weighted by molar-refractivity contribution is 5.95. The van der Waals surface area contributed by atoms with Crippen LogP contribution < -0.4 is 4.74 Å². The lowest BCUT2D eigenvalue weighted by molar-refractivity contribution is 0.0515. The summed E-state index contributed by atoms with van der Waals surface area (Å²) in [6.07, 6.45) is 2.59. The first-order valence-electron chi connectivity index (χ1n) is 9.61. The highest BCUT2D eigenvalue weighted by Gasteiger charge is 2.30. The number of piperidine rings is 1. The molecule has 0 radical (unpaired) electrons. The summed E-state index contributed by atoms with van der Waals surface area (Å²) in [5.74, 6) is -0.0845. The molecule has 2 aliphatic heterocycles. The summed E-state index contributed by atoms with van der Waals surface area (Å²) >= 11 is 0. The lowest BCUT2D eigenvalue weighted by Crippen LogP contribution is -2.53. The van der Waals surface area contributed by atoms with Crippen molar-refractivity contribution in [1.82, 2.24) is 14.7 Å². The van der Waals surface area contributed by atoms with Crippen LogP contribution in [0.1, 0.15) is 35.7 Å². The third kappa shape index (κ3) is 4.01. The Bertz CT molecular complexity index is 636. The van der Waals surface area contributed by atoms with Crippen LogP contribution in [-0.4, -0.2) is 80.1 Å². The molecule has 2 heterocycles. The van der Waals surface area contributed by atoms with Crippen molar-refractivity contribution in [2.45, 2.75) is 32.2 Å². The van der Waals surface area contributed by atoms with Gasteiger partial charge >= 0.3 is 0 Å². The van der Waals surface area contributed by atoms with E-state index in [-0.39, 0.29) is 11.5 Å². The Morgan fingerprint density at radius 1 is 1.15 bits per heavy atom. The van der Waals surface area contributed by atoms with Gasteiger partial charge in [-0.25, -0.2) is 4.39 Å². The fourth-order valence-corrected chi connectivity index (χ4v) is 4.02. The van der Waals surface area contributed by atoms with E-state index in [0.717, 1.165) is 44.6 Å². The fourth-order valence-electron chi connectivity index (χ4n) is 4.02. The van der Waals surface area contributed by atoms with E-state index < -0.39 is 5.82 Å². The number of aryl methyl sites for hydroxylation is 1. The highest BCUT2D eigenvalue weighted by Crippen LogP contribution is 2.26. The summed E-state index contributed by atoms with van der Waals surface area (Å²) in [6, 6.07) is 3.53. The zero-order valence-electron chi connectivity index (χ0n) is 16.1. The van der Waals surface area contributed by atoms with Crippen molar-refractivity contribution in [1.29, 1.82) is 0 Å². The quantitative estimate of drug-likeness (QED) is 0.822.